The van der Waals surface area contributed by atoms with Gasteiger partial charge in [0.15, 0.2) is 5.13 Å². The third kappa shape index (κ3) is 2.90. The summed E-state index contributed by atoms with van der Waals surface area (Å²) in [5, 5.41) is 4.56. The van der Waals surface area contributed by atoms with Crippen molar-refractivity contribution in [3.8, 4) is 0 Å². The largest absolute Gasteiger partial charge is 0.346 e. The van der Waals surface area contributed by atoms with Gasteiger partial charge in [-0.1, -0.05) is 36.4 Å². The molecule has 24 heavy (non-hydrogen) atoms. The summed E-state index contributed by atoms with van der Waals surface area (Å²) < 4.78 is 28.6. The summed E-state index contributed by atoms with van der Waals surface area (Å²) in [6, 6.07) is 12.8. The van der Waals surface area contributed by atoms with E-state index in [2.05, 4.69) is 14.6 Å². The predicted molar refractivity (Wildman–Crippen MR) is 97.0 cm³/mol. The van der Waals surface area contributed by atoms with E-state index in [1.54, 1.807) is 29.7 Å². The number of thiazole rings is 1. The van der Waals surface area contributed by atoms with Gasteiger partial charge < -0.3 is 4.90 Å². The quantitative estimate of drug-likeness (QED) is 0.778. The molecule has 1 aliphatic rings. The molecule has 5 nitrogen and oxygen atoms in total. The third-order valence-electron chi connectivity index (χ3n) is 4.24. The zero-order valence-corrected chi connectivity index (χ0v) is 14.6. The molecule has 1 fully saturated rings. The van der Waals surface area contributed by atoms with Gasteiger partial charge in [-0.25, -0.2) is 18.1 Å². The molecule has 0 spiro atoms. The maximum absolute atomic E-state index is 12.9. The van der Waals surface area contributed by atoms with Gasteiger partial charge in [0.05, 0.1) is 4.90 Å². The van der Waals surface area contributed by atoms with Gasteiger partial charge in [0.25, 0.3) is 0 Å². The van der Waals surface area contributed by atoms with E-state index >= 15 is 0 Å². The molecule has 4 rings (SSSR count). The maximum atomic E-state index is 12.9. The Hall–Kier alpha value is -1.96. The number of rotatable bonds is 4. The fourth-order valence-electron chi connectivity index (χ4n) is 3.12. The van der Waals surface area contributed by atoms with Crippen molar-refractivity contribution in [3.05, 3.63) is 54.0 Å². The predicted octanol–water partition coefficient (Wildman–Crippen LogP) is 2.85. The number of benzene rings is 2. The minimum absolute atomic E-state index is 0.0992. The lowest BCUT2D eigenvalue weighted by atomic mass is 10.1. The first-order valence-electron chi connectivity index (χ1n) is 7.78. The number of hydrogen-bond donors (Lipinski definition) is 1. The van der Waals surface area contributed by atoms with Gasteiger partial charge >= 0.3 is 0 Å². The van der Waals surface area contributed by atoms with Crippen LogP contribution in [0.4, 0.5) is 5.13 Å². The van der Waals surface area contributed by atoms with Gasteiger partial charge in [-0.05, 0) is 17.9 Å². The average Bonchev–Trinajstić information content (AvgIpc) is 3.25. The first-order valence-corrected chi connectivity index (χ1v) is 10.1. The standard InChI is InChI=1S/C17H17N3O2S2/c21-24(22,16-7-3-5-13-4-1-2-6-15(13)16)19-14-8-10-20(12-14)17-18-9-11-23-17/h1-7,9,11,14,19H,8,10,12H2. The van der Waals surface area contributed by atoms with Crippen molar-refractivity contribution < 1.29 is 8.42 Å². The zero-order valence-electron chi connectivity index (χ0n) is 12.9. The number of hydrogen-bond acceptors (Lipinski definition) is 5. The highest BCUT2D eigenvalue weighted by Gasteiger charge is 2.29. The van der Waals surface area contributed by atoms with Crippen molar-refractivity contribution in [2.24, 2.45) is 0 Å². The Kier molecular flexibility index (Phi) is 3.99. The van der Waals surface area contributed by atoms with Crippen LogP contribution in [-0.4, -0.2) is 32.5 Å². The highest BCUT2D eigenvalue weighted by atomic mass is 32.2. The molecule has 7 heteroatoms. The molecule has 1 aromatic heterocycles. The Morgan fingerprint density at radius 1 is 1.17 bits per heavy atom. The summed E-state index contributed by atoms with van der Waals surface area (Å²) in [4.78, 5) is 6.76. The van der Waals surface area contributed by atoms with E-state index in [4.69, 9.17) is 0 Å². The lowest BCUT2D eigenvalue weighted by Gasteiger charge is -2.16. The molecule has 2 aromatic carbocycles. The second-order valence-corrected chi connectivity index (χ2v) is 8.40. The SMILES string of the molecule is O=S(=O)(NC1CCN(c2nccs2)C1)c1cccc2ccccc12. The first kappa shape index (κ1) is 15.6. The van der Waals surface area contributed by atoms with E-state index in [-0.39, 0.29) is 6.04 Å². The molecule has 1 atom stereocenters. The molecule has 2 heterocycles. The van der Waals surface area contributed by atoms with Crippen molar-refractivity contribution in [2.75, 3.05) is 18.0 Å². The number of fused-ring (bicyclic) bond motifs is 1. The molecule has 0 radical (unpaired) electrons. The lowest BCUT2D eigenvalue weighted by molar-refractivity contribution is 0.562. The van der Waals surface area contributed by atoms with Gasteiger partial charge in [0.1, 0.15) is 0 Å². The molecule has 0 bridgehead atoms. The van der Waals surface area contributed by atoms with Crippen LogP contribution < -0.4 is 9.62 Å². The first-order chi connectivity index (χ1) is 11.6. The molecule has 1 N–H and O–H groups in total. The molecule has 0 amide bonds. The van der Waals surface area contributed by atoms with Gasteiger partial charge in [-0.3, -0.25) is 0 Å². The molecule has 1 aliphatic heterocycles. The molecule has 1 unspecified atom stereocenters. The molecular formula is C17H17N3O2S2. The molecule has 1 saturated heterocycles. The van der Waals surface area contributed by atoms with Gasteiger partial charge in [0.2, 0.25) is 10.0 Å². The minimum Gasteiger partial charge on any atom is -0.346 e. The van der Waals surface area contributed by atoms with E-state index in [9.17, 15) is 8.42 Å². The molecule has 0 saturated carbocycles. The number of nitrogens with one attached hydrogen (secondary N) is 1. The normalized spacial score (nSPS) is 18.3. The van der Waals surface area contributed by atoms with E-state index < -0.39 is 10.0 Å². The fourth-order valence-corrected chi connectivity index (χ4v) is 5.29. The Morgan fingerprint density at radius 2 is 2.00 bits per heavy atom. The fraction of sp³-hybridized carbons (Fsp3) is 0.235. The lowest BCUT2D eigenvalue weighted by Crippen LogP contribution is -2.37. The highest BCUT2D eigenvalue weighted by molar-refractivity contribution is 7.89. The monoisotopic (exact) mass is 359 g/mol. The van der Waals surface area contributed by atoms with E-state index in [0.29, 0.717) is 11.4 Å². The van der Waals surface area contributed by atoms with Crippen LogP contribution in [0, 0.1) is 0 Å². The van der Waals surface area contributed by atoms with Gasteiger partial charge in [-0.2, -0.15) is 0 Å². The number of nitrogens with zero attached hydrogens (tertiary/aromatic N) is 2. The van der Waals surface area contributed by atoms with Crippen molar-refractivity contribution >= 4 is 37.3 Å². The van der Waals surface area contributed by atoms with Crippen molar-refractivity contribution in [2.45, 2.75) is 17.4 Å². The molecular weight excluding hydrogens is 342 g/mol. The Bertz CT molecular complexity index is 950. The van der Waals surface area contributed by atoms with Crippen molar-refractivity contribution in [1.82, 2.24) is 9.71 Å². The van der Waals surface area contributed by atoms with Crippen LogP contribution in [0.2, 0.25) is 0 Å². The Labute approximate surface area is 145 Å². The van der Waals surface area contributed by atoms with Crippen LogP contribution in [-0.2, 0) is 10.0 Å². The summed E-state index contributed by atoms with van der Waals surface area (Å²) in [5.74, 6) is 0. The topological polar surface area (TPSA) is 62.3 Å². The number of aromatic nitrogens is 1. The number of sulfonamides is 1. The third-order valence-corrected chi connectivity index (χ3v) is 6.65. The molecule has 3 aromatic rings. The number of anilines is 1. The van der Waals surface area contributed by atoms with Crippen LogP contribution in [0.25, 0.3) is 10.8 Å². The zero-order chi connectivity index (χ0) is 16.6. The van der Waals surface area contributed by atoms with Crippen LogP contribution in [0.5, 0.6) is 0 Å². The van der Waals surface area contributed by atoms with E-state index in [1.807, 2.05) is 35.7 Å². The second-order valence-electron chi connectivity index (χ2n) is 5.84. The van der Waals surface area contributed by atoms with E-state index in [1.165, 1.54) is 0 Å². The van der Waals surface area contributed by atoms with E-state index in [0.717, 1.165) is 28.9 Å². The van der Waals surface area contributed by atoms with Crippen LogP contribution in [0.1, 0.15) is 6.42 Å². The molecule has 0 aliphatic carbocycles. The van der Waals surface area contributed by atoms with Crippen LogP contribution in [0.15, 0.2) is 58.9 Å². The van der Waals surface area contributed by atoms with Crippen molar-refractivity contribution in [1.29, 1.82) is 0 Å². The summed E-state index contributed by atoms with van der Waals surface area (Å²) >= 11 is 1.58. The van der Waals surface area contributed by atoms with Gasteiger partial charge in [0, 0.05) is 36.1 Å². The van der Waals surface area contributed by atoms with Crippen LogP contribution in [0.3, 0.4) is 0 Å². The molecule has 124 valence electrons. The van der Waals surface area contributed by atoms with Gasteiger partial charge in [-0.15, -0.1) is 11.3 Å². The Morgan fingerprint density at radius 3 is 2.83 bits per heavy atom. The summed E-state index contributed by atoms with van der Waals surface area (Å²) in [6.45, 7) is 1.47. The summed E-state index contributed by atoms with van der Waals surface area (Å²) in [7, 11) is -3.56. The maximum Gasteiger partial charge on any atom is 0.241 e. The summed E-state index contributed by atoms with van der Waals surface area (Å²) in [5.41, 5.74) is 0. The smallest absolute Gasteiger partial charge is 0.241 e. The minimum atomic E-state index is -3.56. The highest BCUT2D eigenvalue weighted by Crippen LogP contribution is 2.25. The average molecular weight is 359 g/mol. The second kappa shape index (κ2) is 6.16. The summed E-state index contributed by atoms with van der Waals surface area (Å²) in [6.07, 6.45) is 2.55. The Balaban J connectivity index is 1.57. The van der Waals surface area contributed by atoms with Crippen LogP contribution >= 0.6 is 11.3 Å². The van der Waals surface area contributed by atoms with Crippen molar-refractivity contribution in [3.63, 3.8) is 0 Å².